The van der Waals surface area contributed by atoms with E-state index in [0.717, 1.165) is 10.7 Å². The van der Waals surface area contributed by atoms with Crippen LogP contribution >= 0.6 is 15.9 Å². The van der Waals surface area contributed by atoms with Crippen LogP contribution < -0.4 is 10.6 Å². The van der Waals surface area contributed by atoms with Crippen LogP contribution in [-0.2, 0) is 4.79 Å². The molecule has 8 heteroatoms. The normalized spacial score (nSPS) is 9.95. The second kappa shape index (κ2) is 6.80. The largest absolute Gasteiger partial charge is 0.361 e. The van der Waals surface area contributed by atoms with E-state index in [0.29, 0.717) is 11.5 Å². The van der Waals surface area contributed by atoms with Crippen LogP contribution in [0.15, 0.2) is 47.1 Å². The molecule has 1 amide bonds. The third kappa shape index (κ3) is 4.53. The minimum Gasteiger partial charge on any atom is -0.361 e. The molecule has 7 nitrogen and oxygen atoms in total. The van der Waals surface area contributed by atoms with Crippen molar-refractivity contribution in [3.63, 3.8) is 0 Å². The summed E-state index contributed by atoms with van der Waals surface area (Å²) in [5.74, 6) is 0.157. The molecule has 21 heavy (non-hydrogen) atoms. The number of carbonyl (C=O) groups is 1. The van der Waals surface area contributed by atoms with Gasteiger partial charge in [0.1, 0.15) is 12.0 Å². The van der Waals surface area contributed by atoms with Gasteiger partial charge in [0.25, 0.3) is 5.69 Å². The average Bonchev–Trinajstić information content (AvgIpc) is 2.48. The lowest BCUT2D eigenvalue weighted by molar-refractivity contribution is -0.385. The fourth-order valence-electron chi connectivity index (χ4n) is 1.51. The van der Waals surface area contributed by atoms with Crippen LogP contribution in [0.2, 0.25) is 0 Å². The summed E-state index contributed by atoms with van der Waals surface area (Å²) < 4.78 is 0.925. The van der Waals surface area contributed by atoms with E-state index < -0.39 is 4.92 Å². The lowest BCUT2D eigenvalue weighted by atomic mass is 10.3. The van der Waals surface area contributed by atoms with E-state index in [4.69, 9.17) is 0 Å². The van der Waals surface area contributed by atoms with Gasteiger partial charge in [0, 0.05) is 16.2 Å². The zero-order valence-corrected chi connectivity index (χ0v) is 12.3. The summed E-state index contributed by atoms with van der Waals surface area (Å²) in [5.41, 5.74) is 0.585. The van der Waals surface area contributed by atoms with Gasteiger partial charge in [-0.15, -0.1) is 0 Å². The maximum absolute atomic E-state index is 11.7. The highest BCUT2D eigenvalue weighted by Gasteiger charge is 2.06. The van der Waals surface area contributed by atoms with Crippen LogP contribution in [0, 0.1) is 10.1 Å². The van der Waals surface area contributed by atoms with Crippen molar-refractivity contribution in [1.29, 1.82) is 0 Å². The average molecular weight is 351 g/mol. The van der Waals surface area contributed by atoms with Crippen molar-refractivity contribution in [2.24, 2.45) is 0 Å². The highest BCUT2D eigenvalue weighted by atomic mass is 79.9. The summed E-state index contributed by atoms with van der Waals surface area (Å²) in [5, 5.41) is 16.0. The molecule has 0 radical (unpaired) electrons. The van der Waals surface area contributed by atoms with E-state index >= 15 is 0 Å². The Kier molecular flexibility index (Phi) is 4.83. The SMILES string of the molecule is O=C(CNc1ccc([N+](=O)[O-])cn1)Nc1ccc(Br)cc1. The number of halogens is 1. The minimum atomic E-state index is -0.531. The Bertz CT molecular complexity index is 643. The molecule has 1 heterocycles. The van der Waals surface area contributed by atoms with Crippen molar-refractivity contribution in [3.05, 3.63) is 57.2 Å². The van der Waals surface area contributed by atoms with Gasteiger partial charge in [0.05, 0.1) is 11.5 Å². The maximum atomic E-state index is 11.7. The lowest BCUT2D eigenvalue weighted by Crippen LogP contribution is -2.22. The highest BCUT2D eigenvalue weighted by Crippen LogP contribution is 2.14. The molecule has 0 aliphatic heterocycles. The Morgan fingerprint density at radius 3 is 2.52 bits per heavy atom. The Labute approximate surface area is 128 Å². The topological polar surface area (TPSA) is 97.2 Å². The smallest absolute Gasteiger partial charge is 0.287 e. The molecule has 0 saturated carbocycles. The van der Waals surface area contributed by atoms with Crippen LogP contribution in [0.5, 0.6) is 0 Å². The third-order valence-corrected chi connectivity index (χ3v) is 3.05. The van der Waals surface area contributed by atoms with Gasteiger partial charge in [-0.1, -0.05) is 15.9 Å². The number of nitrogens with zero attached hydrogens (tertiary/aromatic N) is 2. The quantitative estimate of drug-likeness (QED) is 0.638. The van der Waals surface area contributed by atoms with Gasteiger partial charge in [0.2, 0.25) is 5.91 Å². The molecule has 2 rings (SSSR count). The molecule has 2 N–H and O–H groups in total. The lowest BCUT2D eigenvalue weighted by Gasteiger charge is -2.07. The fourth-order valence-corrected chi connectivity index (χ4v) is 1.77. The number of amides is 1. The van der Waals surface area contributed by atoms with E-state index in [2.05, 4.69) is 31.5 Å². The first-order chi connectivity index (χ1) is 10.0. The Morgan fingerprint density at radius 2 is 1.95 bits per heavy atom. The first kappa shape index (κ1) is 14.9. The van der Waals surface area contributed by atoms with E-state index in [1.807, 2.05) is 12.1 Å². The highest BCUT2D eigenvalue weighted by molar-refractivity contribution is 9.10. The van der Waals surface area contributed by atoms with Crippen LogP contribution in [0.3, 0.4) is 0 Å². The summed E-state index contributed by atoms with van der Waals surface area (Å²) in [4.78, 5) is 25.5. The van der Waals surface area contributed by atoms with Gasteiger partial charge in [-0.25, -0.2) is 4.98 Å². The van der Waals surface area contributed by atoms with Crippen molar-refractivity contribution >= 4 is 39.0 Å². The van der Waals surface area contributed by atoms with E-state index in [9.17, 15) is 14.9 Å². The molecule has 0 spiro atoms. The monoisotopic (exact) mass is 350 g/mol. The zero-order chi connectivity index (χ0) is 15.2. The molecule has 0 aliphatic carbocycles. The number of nitro groups is 1. The van der Waals surface area contributed by atoms with Crippen molar-refractivity contribution in [2.45, 2.75) is 0 Å². The second-order valence-electron chi connectivity index (χ2n) is 4.07. The number of hydrogen-bond donors (Lipinski definition) is 2. The van der Waals surface area contributed by atoms with Crippen molar-refractivity contribution < 1.29 is 9.72 Å². The van der Waals surface area contributed by atoms with Crippen LogP contribution in [0.1, 0.15) is 0 Å². The van der Waals surface area contributed by atoms with Crippen molar-refractivity contribution in [3.8, 4) is 0 Å². The number of rotatable bonds is 5. The molecule has 0 bridgehead atoms. The summed E-state index contributed by atoms with van der Waals surface area (Å²) in [7, 11) is 0. The second-order valence-corrected chi connectivity index (χ2v) is 4.98. The number of carbonyl (C=O) groups excluding carboxylic acids is 1. The molecule has 2 aromatic rings. The summed E-state index contributed by atoms with van der Waals surface area (Å²) >= 11 is 3.31. The van der Waals surface area contributed by atoms with E-state index in [1.165, 1.54) is 12.1 Å². The molecule has 108 valence electrons. The molecule has 0 fully saturated rings. The molecule has 0 saturated heterocycles. The standard InChI is InChI=1S/C13H11BrN4O3/c14-9-1-3-10(4-2-9)17-13(19)8-16-12-6-5-11(7-15-12)18(20)21/h1-7H,8H2,(H,15,16)(H,17,19). The number of hydrogen-bond acceptors (Lipinski definition) is 5. The zero-order valence-electron chi connectivity index (χ0n) is 10.7. The van der Waals surface area contributed by atoms with Gasteiger partial charge in [-0.2, -0.15) is 0 Å². The molecular formula is C13H11BrN4O3. The molecule has 0 aliphatic rings. The molecule has 1 aromatic heterocycles. The molecular weight excluding hydrogens is 340 g/mol. The first-order valence-electron chi connectivity index (χ1n) is 5.94. The molecule has 0 atom stereocenters. The van der Waals surface area contributed by atoms with Gasteiger partial charge < -0.3 is 10.6 Å². The maximum Gasteiger partial charge on any atom is 0.287 e. The number of pyridine rings is 1. The van der Waals surface area contributed by atoms with Gasteiger partial charge in [-0.3, -0.25) is 14.9 Å². The van der Waals surface area contributed by atoms with E-state index in [1.54, 1.807) is 12.1 Å². The summed E-state index contributed by atoms with van der Waals surface area (Å²) in [6.07, 6.45) is 1.13. The predicted molar refractivity (Wildman–Crippen MR) is 82.2 cm³/mol. The summed E-state index contributed by atoms with van der Waals surface area (Å²) in [6.45, 7) is 0.0148. The Morgan fingerprint density at radius 1 is 1.24 bits per heavy atom. The number of aromatic nitrogens is 1. The van der Waals surface area contributed by atoms with Crippen LogP contribution in [-0.4, -0.2) is 22.4 Å². The van der Waals surface area contributed by atoms with Gasteiger partial charge >= 0.3 is 0 Å². The number of nitrogens with one attached hydrogen (secondary N) is 2. The van der Waals surface area contributed by atoms with Crippen LogP contribution in [0.25, 0.3) is 0 Å². The van der Waals surface area contributed by atoms with Crippen molar-refractivity contribution in [2.75, 3.05) is 17.2 Å². The van der Waals surface area contributed by atoms with Gasteiger partial charge in [0.15, 0.2) is 0 Å². The Balaban J connectivity index is 1.86. The van der Waals surface area contributed by atoms with Crippen molar-refractivity contribution in [1.82, 2.24) is 4.98 Å². The third-order valence-electron chi connectivity index (χ3n) is 2.52. The number of benzene rings is 1. The minimum absolute atomic E-state index is 0.0148. The van der Waals surface area contributed by atoms with Crippen LogP contribution in [0.4, 0.5) is 17.2 Å². The molecule has 1 aromatic carbocycles. The van der Waals surface area contributed by atoms with E-state index in [-0.39, 0.29) is 18.1 Å². The fraction of sp³-hybridized carbons (Fsp3) is 0.0769. The predicted octanol–water partition coefficient (Wildman–Crippen LogP) is 2.80. The summed E-state index contributed by atoms with van der Waals surface area (Å²) in [6, 6.07) is 9.95. The van der Waals surface area contributed by atoms with Gasteiger partial charge in [-0.05, 0) is 30.3 Å². The number of anilines is 2. The molecule has 0 unspecified atom stereocenters. The Hall–Kier alpha value is -2.48. The first-order valence-corrected chi connectivity index (χ1v) is 6.73.